The van der Waals surface area contributed by atoms with Gasteiger partial charge in [0.05, 0.1) is 23.8 Å². The second-order valence-electron chi connectivity index (χ2n) is 5.49. The van der Waals surface area contributed by atoms with E-state index in [1.165, 1.54) is 18.5 Å². The first-order valence-electron chi connectivity index (χ1n) is 7.63. The summed E-state index contributed by atoms with van der Waals surface area (Å²) in [6.45, 7) is 2.76. The third-order valence-corrected chi connectivity index (χ3v) is 4.39. The molecule has 0 spiro atoms. The van der Waals surface area contributed by atoms with Gasteiger partial charge >= 0.3 is 0 Å². The number of carbonyl (C=O) groups is 1. The minimum absolute atomic E-state index is 0.200. The third-order valence-electron chi connectivity index (χ3n) is 3.62. The van der Waals surface area contributed by atoms with Crippen LogP contribution in [0.15, 0.2) is 41.3 Å². The van der Waals surface area contributed by atoms with Gasteiger partial charge in [-0.25, -0.2) is 14.1 Å². The van der Waals surface area contributed by atoms with E-state index in [-0.39, 0.29) is 24.1 Å². The van der Waals surface area contributed by atoms with E-state index in [9.17, 15) is 9.18 Å². The summed E-state index contributed by atoms with van der Waals surface area (Å²) in [6.07, 6.45) is 3.45. The summed E-state index contributed by atoms with van der Waals surface area (Å²) >= 11 is 3.38. The summed E-state index contributed by atoms with van der Waals surface area (Å²) in [6, 6.07) is 6.26. The number of nitrogens with one attached hydrogen (secondary N) is 1. The average Bonchev–Trinajstić information content (AvgIpc) is 3.13. The second-order valence-corrected chi connectivity index (χ2v) is 6.35. The van der Waals surface area contributed by atoms with Gasteiger partial charge < -0.3 is 0 Å². The molecule has 0 aliphatic heterocycles. The minimum Gasteiger partial charge on any atom is -0.293 e. The molecule has 0 fully saturated rings. The van der Waals surface area contributed by atoms with Crippen LogP contribution in [0.5, 0.6) is 0 Å². The molecule has 1 aromatic carbocycles. The first-order valence-corrected chi connectivity index (χ1v) is 8.42. The topological polar surface area (TPSA) is 77.6 Å². The molecule has 0 unspecified atom stereocenters. The van der Waals surface area contributed by atoms with Gasteiger partial charge in [-0.2, -0.15) is 5.10 Å². The predicted molar refractivity (Wildman–Crippen MR) is 93.4 cm³/mol. The number of anilines is 1. The van der Waals surface area contributed by atoms with Crippen molar-refractivity contribution in [1.82, 2.24) is 24.5 Å². The molecule has 2 aromatic heterocycles. The normalized spacial score (nSPS) is 10.8. The number of aromatic nitrogens is 5. The Morgan fingerprint density at radius 3 is 2.96 bits per heavy atom. The van der Waals surface area contributed by atoms with E-state index in [2.05, 4.69) is 36.4 Å². The quantitative estimate of drug-likeness (QED) is 0.682. The second kappa shape index (κ2) is 7.56. The summed E-state index contributed by atoms with van der Waals surface area (Å²) in [5.74, 6) is -0.277. The van der Waals surface area contributed by atoms with Crippen LogP contribution in [0.25, 0.3) is 0 Å². The largest absolute Gasteiger partial charge is 0.293 e. The number of amides is 1. The van der Waals surface area contributed by atoms with Crippen LogP contribution >= 0.6 is 15.9 Å². The molecule has 0 saturated heterocycles. The van der Waals surface area contributed by atoms with Crippen LogP contribution < -0.4 is 5.32 Å². The van der Waals surface area contributed by atoms with Gasteiger partial charge in [-0.15, -0.1) is 5.10 Å². The maximum Gasteiger partial charge on any atom is 0.248 e. The Kier molecular flexibility index (Phi) is 5.22. The van der Waals surface area contributed by atoms with Crippen molar-refractivity contribution >= 4 is 27.8 Å². The fraction of sp³-hybridized carbons (Fsp3) is 0.250. The smallest absolute Gasteiger partial charge is 0.248 e. The van der Waals surface area contributed by atoms with E-state index >= 15 is 0 Å². The van der Waals surface area contributed by atoms with Crippen LogP contribution in [0.4, 0.5) is 10.3 Å². The van der Waals surface area contributed by atoms with Crippen molar-refractivity contribution in [2.24, 2.45) is 0 Å². The van der Waals surface area contributed by atoms with Gasteiger partial charge in [-0.05, 0) is 40.5 Å². The van der Waals surface area contributed by atoms with Crippen molar-refractivity contribution in [2.75, 3.05) is 5.32 Å². The van der Waals surface area contributed by atoms with Gasteiger partial charge in [0.15, 0.2) is 0 Å². The fourth-order valence-electron chi connectivity index (χ4n) is 2.29. The zero-order valence-electron chi connectivity index (χ0n) is 13.5. The lowest BCUT2D eigenvalue weighted by atomic mass is 10.2. The molecule has 0 bridgehead atoms. The number of halogens is 2. The molecule has 7 nitrogen and oxygen atoms in total. The standard InChI is InChI=1S/C16H16BrFN6O/c1-11-14(17)8-20-24(11)6-5-15(25)21-16-19-10-23(22-16)9-12-3-2-4-13(18)7-12/h2-4,7-8,10H,5-6,9H2,1H3,(H,21,22,25). The molecule has 25 heavy (non-hydrogen) atoms. The molecule has 9 heteroatoms. The predicted octanol–water partition coefficient (Wildman–Crippen LogP) is 2.76. The van der Waals surface area contributed by atoms with Gasteiger partial charge in [-0.1, -0.05) is 12.1 Å². The number of carbonyl (C=O) groups excluding carboxylic acids is 1. The summed E-state index contributed by atoms with van der Waals surface area (Å²) in [7, 11) is 0. The van der Waals surface area contributed by atoms with Crippen LogP contribution in [0, 0.1) is 12.7 Å². The highest BCUT2D eigenvalue weighted by molar-refractivity contribution is 9.10. The highest BCUT2D eigenvalue weighted by Gasteiger charge is 2.09. The molecular weight excluding hydrogens is 391 g/mol. The van der Waals surface area contributed by atoms with Crippen molar-refractivity contribution in [3.8, 4) is 0 Å². The monoisotopic (exact) mass is 406 g/mol. The maximum absolute atomic E-state index is 13.2. The summed E-state index contributed by atoms with van der Waals surface area (Å²) in [4.78, 5) is 16.1. The molecule has 0 aliphatic carbocycles. The number of hydrogen-bond acceptors (Lipinski definition) is 4. The molecule has 0 aliphatic rings. The molecule has 3 aromatic rings. The summed E-state index contributed by atoms with van der Waals surface area (Å²) in [5, 5.41) is 11.0. The Morgan fingerprint density at radius 1 is 1.40 bits per heavy atom. The molecular formula is C16H16BrFN6O. The highest BCUT2D eigenvalue weighted by Crippen LogP contribution is 2.14. The molecule has 1 amide bonds. The van der Waals surface area contributed by atoms with Crippen molar-refractivity contribution in [3.63, 3.8) is 0 Å². The Bertz CT molecular complexity index is 890. The van der Waals surface area contributed by atoms with E-state index < -0.39 is 0 Å². The van der Waals surface area contributed by atoms with Crippen LogP contribution in [-0.4, -0.2) is 30.5 Å². The first-order chi connectivity index (χ1) is 12.0. The van der Waals surface area contributed by atoms with E-state index in [0.29, 0.717) is 13.1 Å². The Balaban J connectivity index is 1.54. The first kappa shape index (κ1) is 17.3. The van der Waals surface area contributed by atoms with Crippen LogP contribution in [0.1, 0.15) is 17.7 Å². The summed E-state index contributed by atoms with van der Waals surface area (Å²) in [5.41, 5.74) is 1.73. The van der Waals surface area contributed by atoms with Gasteiger partial charge in [0.1, 0.15) is 12.1 Å². The minimum atomic E-state index is -0.299. The third kappa shape index (κ3) is 4.50. The van der Waals surface area contributed by atoms with Crippen LogP contribution in [-0.2, 0) is 17.9 Å². The Labute approximate surface area is 152 Å². The van der Waals surface area contributed by atoms with Crippen LogP contribution in [0.2, 0.25) is 0 Å². The zero-order valence-corrected chi connectivity index (χ0v) is 15.1. The molecule has 130 valence electrons. The SMILES string of the molecule is Cc1c(Br)cnn1CCC(=O)Nc1ncn(Cc2cccc(F)c2)n1. The number of nitrogens with zero attached hydrogens (tertiary/aromatic N) is 5. The van der Waals surface area contributed by atoms with Crippen molar-refractivity contribution < 1.29 is 9.18 Å². The van der Waals surface area contributed by atoms with E-state index in [4.69, 9.17) is 0 Å². The lowest BCUT2D eigenvalue weighted by Gasteiger charge is -2.04. The Morgan fingerprint density at radius 2 is 2.24 bits per heavy atom. The maximum atomic E-state index is 13.2. The summed E-state index contributed by atoms with van der Waals surface area (Å²) < 4.78 is 17.4. The molecule has 2 heterocycles. The number of benzene rings is 1. The molecule has 0 radical (unpaired) electrons. The number of rotatable bonds is 6. The lowest BCUT2D eigenvalue weighted by molar-refractivity contribution is -0.116. The molecule has 0 saturated carbocycles. The van der Waals surface area contributed by atoms with Gasteiger partial charge in [0, 0.05) is 12.1 Å². The average molecular weight is 407 g/mol. The highest BCUT2D eigenvalue weighted by atomic mass is 79.9. The fourth-order valence-corrected chi connectivity index (χ4v) is 2.59. The van der Waals surface area contributed by atoms with Crippen LogP contribution in [0.3, 0.4) is 0 Å². The Hall–Kier alpha value is -2.55. The van der Waals surface area contributed by atoms with Gasteiger partial charge in [0.25, 0.3) is 0 Å². The zero-order chi connectivity index (χ0) is 17.8. The number of aryl methyl sites for hydroxylation is 1. The molecule has 1 N–H and O–H groups in total. The van der Waals surface area contributed by atoms with E-state index in [1.54, 1.807) is 27.7 Å². The molecule has 0 atom stereocenters. The number of hydrogen-bond donors (Lipinski definition) is 1. The van der Waals surface area contributed by atoms with Crippen molar-refractivity contribution in [1.29, 1.82) is 0 Å². The van der Waals surface area contributed by atoms with E-state index in [0.717, 1.165) is 15.7 Å². The lowest BCUT2D eigenvalue weighted by Crippen LogP contribution is -2.16. The van der Waals surface area contributed by atoms with Gasteiger partial charge in [-0.3, -0.25) is 14.8 Å². The van der Waals surface area contributed by atoms with Crippen molar-refractivity contribution in [3.05, 3.63) is 58.3 Å². The van der Waals surface area contributed by atoms with Crippen molar-refractivity contribution in [2.45, 2.75) is 26.4 Å². The van der Waals surface area contributed by atoms with Gasteiger partial charge in [0.2, 0.25) is 11.9 Å². The molecule has 3 rings (SSSR count). The van der Waals surface area contributed by atoms with E-state index in [1.807, 2.05) is 6.92 Å².